The molecular weight excluding hydrogens is 254 g/mol. The Kier molecular flexibility index (Phi) is 7.80. The molecule has 0 aliphatic carbocycles. The van der Waals surface area contributed by atoms with Crippen molar-refractivity contribution in [3.8, 4) is 0 Å². The lowest BCUT2D eigenvalue weighted by molar-refractivity contribution is 0.601. The molecule has 108 valence electrons. The van der Waals surface area contributed by atoms with E-state index in [1.165, 1.54) is 38.5 Å². The molecule has 1 unspecified atom stereocenters. The fourth-order valence-electron chi connectivity index (χ4n) is 2.18. The lowest BCUT2D eigenvalue weighted by Crippen LogP contribution is -2.02. The molecule has 1 rings (SSSR count). The SMILES string of the molecule is CCCCCCCCCS(=O)c1ccc(C)cc1N. The van der Waals surface area contributed by atoms with Gasteiger partial charge in [-0.3, -0.25) is 4.21 Å². The van der Waals surface area contributed by atoms with Crippen LogP contribution in [0.3, 0.4) is 0 Å². The number of unbranched alkanes of at least 4 members (excludes halogenated alkanes) is 6. The van der Waals surface area contributed by atoms with Crippen LogP contribution in [0, 0.1) is 6.92 Å². The van der Waals surface area contributed by atoms with Gasteiger partial charge in [0, 0.05) is 11.4 Å². The van der Waals surface area contributed by atoms with Crippen molar-refractivity contribution >= 4 is 16.5 Å². The Balaban J connectivity index is 2.24. The quantitative estimate of drug-likeness (QED) is 0.537. The predicted molar refractivity (Wildman–Crippen MR) is 84.9 cm³/mol. The Labute approximate surface area is 120 Å². The summed E-state index contributed by atoms with van der Waals surface area (Å²) >= 11 is 0. The molecule has 0 aliphatic rings. The molecule has 0 saturated heterocycles. The number of hydrogen-bond donors (Lipinski definition) is 1. The van der Waals surface area contributed by atoms with Gasteiger partial charge in [-0.1, -0.05) is 51.5 Å². The van der Waals surface area contributed by atoms with Gasteiger partial charge < -0.3 is 5.73 Å². The number of rotatable bonds is 9. The Morgan fingerprint density at radius 2 is 1.68 bits per heavy atom. The molecule has 0 fully saturated rings. The van der Waals surface area contributed by atoms with E-state index in [1.807, 2.05) is 25.1 Å². The average molecular weight is 281 g/mol. The van der Waals surface area contributed by atoms with Crippen molar-refractivity contribution in [2.45, 2.75) is 63.7 Å². The summed E-state index contributed by atoms with van der Waals surface area (Å²) in [7, 11) is -0.937. The Hall–Kier alpha value is -0.830. The van der Waals surface area contributed by atoms with Crippen LogP contribution in [0.4, 0.5) is 5.69 Å². The number of nitrogen functional groups attached to an aromatic ring is 1. The summed E-state index contributed by atoms with van der Waals surface area (Å²) in [5.41, 5.74) is 7.70. The molecule has 3 heteroatoms. The first kappa shape index (κ1) is 16.2. The van der Waals surface area contributed by atoms with E-state index >= 15 is 0 Å². The van der Waals surface area contributed by atoms with Gasteiger partial charge in [0.2, 0.25) is 0 Å². The molecule has 0 heterocycles. The number of anilines is 1. The summed E-state index contributed by atoms with van der Waals surface area (Å²) in [5, 5.41) is 0. The first-order valence-corrected chi connectivity index (χ1v) is 8.71. The zero-order valence-corrected chi connectivity index (χ0v) is 13.1. The summed E-state index contributed by atoms with van der Waals surface area (Å²) in [5.74, 6) is 0.737. The molecule has 0 radical (unpaired) electrons. The van der Waals surface area contributed by atoms with Crippen molar-refractivity contribution in [1.29, 1.82) is 0 Å². The molecule has 0 saturated carbocycles. The molecule has 1 aromatic carbocycles. The third-order valence-corrected chi connectivity index (χ3v) is 4.87. The molecule has 2 nitrogen and oxygen atoms in total. The normalized spacial score (nSPS) is 12.5. The van der Waals surface area contributed by atoms with Gasteiger partial charge in [0.05, 0.1) is 15.7 Å². The third-order valence-electron chi connectivity index (χ3n) is 3.34. The van der Waals surface area contributed by atoms with Gasteiger partial charge in [-0.2, -0.15) is 0 Å². The van der Waals surface area contributed by atoms with Gasteiger partial charge in [-0.15, -0.1) is 0 Å². The maximum absolute atomic E-state index is 12.1. The van der Waals surface area contributed by atoms with Crippen LogP contribution >= 0.6 is 0 Å². The molecular formula is C16H27NOS. The smallest absolute Gasteiger partial charge is 0.0617 e. The van der Waals surface area contributed by atoms with E-state index in [1.54, 1.807) is 0 Å². The largest absolute Gasteiger partial charge is 0.398 e. The Morgan fingerprint density at radius 1 is 1.05 bits per heavy atom. The van der Waals surface area contributed by atoms with E-state index in [-0.39, 0.29) is 0 Å². The molecule has 0 aromatic heterocycles. The lowest BCUT2D eigenvalue weighted by Gasteiger charge is -2.06. The van der Waals surface area contributed by atoms with E-state index in [0.29, 0.717) is 5.69 Å². The molecule has 0 bridgehead atoms. The zero-order chi connectivity index (χ0) is 14.1. The molecule has 19 heavy (non-hydrogen) atoms. The van der Waals surface area contributed by atoms with Crippen LogP contribution < -0.4 is 5.73 Å². The van der Waals surface area contributed by atoms with E-state index in [9.17, 15) is 4.21 Å². The van der Waals surface area contributed by atoms with Gasteiger partial charge in [-0.25, -0.2) is 0 Å². The van der Waals surface area contributed by atoms with Gasteiger partial charge in [0.1, 0.15) is 0 Å². The Bertz CT molecular complexity index is 404. The molecule has 1 atom stereocenters. The van der Waals surface area contributed by atoms with Gasteiger partial charge in [-0.05, 0) is 31.0 Å². The van der Waals surface area contributed by atoms with E-state index < -0.39 is 10.8 Å². The first-order chi connectivity index (χ1) is 9.15. The highest BCUT2D eigenvalue weighted by molar-refractivity contribution is 7.85. The molecule has 2 N–H and O–H groups in total. The van der Waals surface area contributed by atoms with Crippen molar-refractivity contribution in [2.75, 3.05) is 11.5 Å². The van der Waals surface area contributed by atoms with Crippen LogP contribution in [0.25, 0.3) is 0 Å². The zero-order valence-electron chi connectivity index (χ0n) is 12.3. The minimum Gasteiger partial charge on any atom is -0.398 e. The minimum atomic E-state index is -0.937. The Morgan fingerprint density at radius 3 is 2.32 bits per heavy atom. The van der Waals surface area contributed by atoms with Gasteiger partial charge in [0.15, 0.2) is 0 Å². The molecule has 1 aromatic rings. The fourth-order valence-corrected chi connectivity index (χ4v) is 3.40. The van der Waals surface area contributed by atoms with Crippen molar-refractivity contribution in [3.63, 3.8) is 0 Å². The lowest BCUT2D eigenvalue weighted by atomic mass is 10.1. The van der Waals surface area contributed by atoms with Crippen molar-refractivity contribution < 1.29 is 4.21 Å². The summed E-state index contributed by atoms with van der Waals surface area (Å²) in [6.07, 6.45) is 8.76. The van der Waals surface area contributed by atoms with Crippen molar-refractivity contribution in [2.24, 2.45) is 0 Å². The van der Waals surface area contributed by atoms with Crippen LogP contribution in [0.15, 0.2) is 23.1 Å². The summed E-state index contributed by atoms with van der Waals surface area (Å²) in [4.78, 5) is 0.802. The van der Waals surface area contributed by atoms with Crippen LogP contribution in [0.5, 0.6) is 0 Å². The van der Waals surface area contributed by atoms with Crippen LogP contribution in [-0.2, 0) is 10.8 Å². The van der Waals surface area contributed by atoms with Crippen LogP contribution in [0.1, 0.15) is 57.4 Å². The second kappa shape index (κ2) is 9.13. The summed E-state index contributed by atoms with van der Waals surface area (Å²) < 4.78 is 12.1. The highest BCUT2D eigenvalue weighted by Gasteiger charge is 2.07. The molecule has 0 spiro atoms. The predicted octanol–water partition coefficient (Wildman–Crippen LogP) is 4.44. The number of benzene rings is 1. The minimum absolute atomic E-state index is 0.668. The first-order valence-electron chi connectivity index (χ1n) is 7.39. The highest BCUT2D eigenvalue weighted by Crippen LogP contribution is 2.19. The van der Waals surface area contributed by atoms with Gasteiger partial charge in [0.25, 0.3) is 0 Å². The van der Waals surface area contributed by atoms with Crippen LogP contribution in [-0.4, -0.2) is 9.96 Å². The summed E-state index contributed by atoms with van der Waals surface area (Å²) in [6.45, 7) is 4.23. The molecule has 0 amide bonds. The van der Waals surface area contributed by atoms with Crippen molar-refractivity contribution in [3.05, 3.63) is 23.8 Å². The van der Waals surface area contributed by atoms with Crippen molar-refractivity contribution in [1.82, 2.24) is 0 Å². The number of nitrogens with two attached hydrogens (primary N) is 1. The topological polar surface area (TPSA) is 43.1 Å². The maximum atomic E-state index is 12.1. The van der Waals surface area contributed by atoms with Gasteiger partial charge >= 0.3 is 0 Å². The van der Waals surface area contributed by atoms with E-state index in [0.717, 1.165) is 22.6 Å². The number of aryl methyl sites for hydroxylation is 1. The second-order valence-electron chi connectivity index (χ2n) is 5.21. The third kappa shape index (κ3) is 6.24. The fraction of sp³-hybridized carbons (Fsp3) is 0.625. The maximum Gasteiger partial charge on any atom is 0.0617 e. The van der Waals surface area contributed by atoms with E-state index in [4.69, 9.17) is 5.73 Å². The van der Waals surface area contributed by atoms with E-state index in [2.05, 4.69) is 6.92 Å². The van der Waals surface area contributed by atoms with Crippen LogP contribution in [0.2, 0.25) is 0 Å². The second-order valence-corrected chi connectivity index (χ2v) is 6.75. The summed E-state index contributed by atoms with van der Waals surface area (Å²) in [6, 6.07) is 5.79. The monoisotopic (exact) mass is 281 g/mol. The highest BCUT2D eigenvalue weighted by atomic mass is 32.2. The molecule has 0 aliphatic heterocycles. The average Bonchev–Trinajstić information content (AvgIpc) is 2.37. The number of hydrogen-bond acceptors (Lipinski definition) is 2. The standard InChI is InChI=1S/C16H27NOS/c1-3-4-5-6-7-8-9-12-19(18)16-11-10-14(2)13-15(16)17/h10-11,13H,3-9,12,17H2,1-2H3.